The fourth-order valence-corrected chi connectivity index (χ4v) is 3.40. The predicted octanol–water partition coefficient (Wildman–Crippen LogP) is 3.78. The lowest BCUT2D eigenvalue weighted by Gasteiger charge is -2.20. The third kappa shape index (κ3) is 3.53. The molecule has 1 aliphatic heterocycles. The Hall–Kier alpha value is -1.75. The van der Waals surface area contributed by atoms with Crippen LogP contribution in [-0.4, -0.2) is 35.2 Å². The van der Waals surface area contributed by atoms with Crippen LogP contribution in [0.4, 0.5) is 0 Å². The van der Waals surface area contributed by atoms with Crippen molar-refractivity contribution >= 4 is 28.9 Å². The second-order valence-corrected chi connectivity index (χ2v) is 6.64. The minimum Gasteiger partial charge on any atom is -0.496 e. The molecule has 4 nitrogen and oxygen atoms in total. The van der Waals surface area contributed by atoms with E-state index < -0.39 is 0 Å². The molecule has 1 aliphatic rings. The summed E-state index contributed by atoms with van der Waals surface area (Å²) in [5.74, 6) is 0.763. The third-order valence-electron chi connectivity index (χ3n) is 3.15. The Kier molecular flexibility index (Phi) is 5.29. The van der Waals surface area contributed by atoms with Gasteiger partial charge in [-0.1, -0.05) is 18.2 Å². The van der Waals surface area contributed by atoms with Crippen molar-refractivity contribution in [3.63, 3.8) is 0 Å². The van der Waals surface area contributed by atoms with Crippen molar-refractivity contribution in [3.05, 3.63) is 34.7 Å². The molecule has 1 aromatic rings. The maximum atomic E-state index is 12.7. The molecule has 1 saturated heterocycles. The van der Waals surface area contributed by atoms with Crippen LogP contribution in [0, 0.1) is 0 Å². The average Bonchev–Trinajstić information content (AvgIpc) is 2.74. The van der Waals surface area contributed by atoms with Crippen LogP contribution < -0.4 is 4.74 Å². The number of aliphatic imine (C=N–C) groups is 1. The summed E-state index contributed by atoms with van der Waals surface area (Å²) in [4.78, 5) is 19.7. The van der Waals surface area contributed by atoms with Crippen LogP contribution in [0.25, 0.3) is 6.08 Å². The molecule has 0 saturated carbocycles. The predicted molar refractivity (Wildman–Crippen MR) is 93.1 cm³/mol. The molecule has 1 amide bonds. The summed E-state index contributed by atoms with van der Waals surface area (Å²) in [5.41, 5.74) is 0.898. The number of amidine groups is 1. The quantitative estimate of drug-likeness (QED) is 0.793. The molecule has 1 aromatic carbocycles. The Morgan fingerprint density at radius 1 is 1.23 bits per heavy atom. The Labute approximate surface area is 136 Å². The summed E-state index contributed by atoms with van der Waals surface area (Å²) in [6.45, 7) is 8.03. The second kappa shape index (κ2) is 7.01. The zero-order chi connectivity index (χ0) is 16.3. The third-order valence-corrected chi connectivity index (χ3v) is 4.14. The summed E-state index contributed by atoms with van der Waals surface area (Å²) in [6.07, 6.45) is 1.88. The fraction of sp³-hybridized carbons (Fsp3) is 0.412. The topological polar surface area (TPSA) is 41.9 Å². The largest absolute Gasteiger partial charge is 0.496 e. The molecule has 1 fully saturated rings. The van der Waals surface area contributed by atoms with Crippen molar-refractivity contribution in [2.24, 2.45) is 4.99 Å². The number of ether oxygens (including phenoxy) is 1. The molecule has 118 valence electrons. The van der Waals surface area contributed by atoms with E-state index in [0.29, 0.717) is 4.91 Å². The smallest absolute Gasteiger partial charge is 0.266 e. The van der Waals surface area contributed by atoms with Gasteiger partial charge in [0.05, 0.1) is 12.0 Å². The highest BCUT2D eigenvalue weighted by molar-refractivity contribution is 8.18. The van der Waals surface area contributed by atoms with Crippen LogP contribution in [0.15, 0.2) is 34.2 Å². The first kappa shape index (κ1) is 16.6. The van der Waals surface area contributed by atoms with Crippen LogP contribution in [0.1, 0.15) is 33.3 Å². The summed E-state index contributed by atoms with van der Waals surface area (Å²) in [5, 5.41) is 0.774. The van der Waals surface area contributed by atoms with E-state index >= 15 is 0 Å². The first-order chi connectivity index (χ1) is 10.4. The molecular weight excluding hydrogens is 296 g/mol. The van der Waals surface area contributed by atoms with Gasteiger partial charge in [-0.25, -0.2) is 0 Å². The fourth-order valence-electron chi connectivity index (χ4n) is 2.18. The molecule has 0 bridgehead atoms. The lowest BCUT2D eigenvalue weighted by atomic mass is 10.2. The Morgan fingerprint density at radius 2 is 1.91 bits per heavy atom. The SMILES string of the molecule is COc1ccccc1/C=C1/SC(=NC(C)C)N(C(C)C)C1=O. The monoisotopic (exact) mass is 318 g/mol. The van der Waals surface area contributed by atoms with Crippen molar-refractivity contribution in [3.8, 4) is 5.75 Å². The van der Waals surface area contributed by atoms with Gasteiger partial charge in [-0.2, -0.15) is 0 Å². The molecule has 0 radical (unpaired) electrons. The Morgan fingerprint density at radius 3 is 2.50 bits per heavy atom. The van der Waals surface area contributed by atoms with E-state index in [4.69, 9.17) is 4.74 Å². The zero-order valence-electron chi connectivity index (χ0n) is 13.7. The van der Waals surface area contributed by atoms with E-state index in [9.17, 15) is 4.79 Å². The normalized spacial score (nSPS) is 19.0. The van der Waals surface area contributed by atoms with Crippen molar-refractivity contribution in [2.45, 2.75) is 39.8 Å². The Balaban J connectivity index is 2.40. The van der Waals surface area contributed by atoms with Crippen molar-refractivity contribution in [1.29, 1.82) is 0 Å². The number of thioether (sulfide) groups is 1. The second-order valence-electron chi connectivity index (χ2n) is 5.63. The summed E-state index contributed by atoms with van der Waals surface area (Å²) < 4.78 is 5.35. The number of benzene rings is 1. The van der Waals surface area contributed by atoms with Gasteiger partial charge in [0.2, 0.25) is 0 Å². The summed E-state index contributed by atoms with van der Waals surface area (Å²) in [6, 6.07) is 7.92. The van der Waals surface area contributed by atoms with Crippen LogP contribution in [0.5, 0.6) is 5.75 Å². The van der Waals surface area contributed by atoms with E-state index in [1.165, 1.54) is 11.8 Å². The van der Waals surface area contributed by atoms with Crippen LogP contribution in [-0.2, 0) is 4.79 Å². The first-order valence-electron chi connectivity index (χ1n) is 7.38. The number of hydrogen-bond acceptors (Lipinski definition) is 4. The molecule has 0 aliphatic carbocycles. The maximum Gasteiger partial charge on any atom is 0.266 e. The lowest BCUT2D eigenvalue weighted by molar-refractivity contribution is -0.123. The highest BCUT2D eigenvalue weighted by atomic mass is 32.2. The van der Waals surface area contributed by atoms with Crippen LogP contribution >= 0.6 is 11.8 Å². The van der Waals surface area contributed by atoms with Crippen molar-refractivity contribution in [2.75, 3.05) is 7.11 Å². The van der Waals surface area contributed by atoms with Crippen LogP contribution in [0.3, 0.4) is 0 Å². The summed E-state index contributed by atoms with van der Waals surface area (Å²) in [7, 11) is 1.63. The number of amides is 1. The molecule has 0 N–H and O–H groups in total. The molecular formula is C17H22N2O2S. The van der Waals surface area contributed by atoms with Crippen LogP contribution in [0.2, 0.25) is 0 Å². The Bertz CT molecular complexity index is 621. The van der Waals surface area contributed by atoms with Gasteiger partial charge in [0, 0.05) is 17.6 Å². The van der Waals surface area contributed by atoms with Crippen molar-refractivity contribution < 1.29 is 9.53 Å². The van der Waals surface area contributed by atoms with Crippen molar-refractivity contribution in [1.82, 2.24) is 4.90 Å². The highest BCUT2D eigenvalue weighted by Gasteiger charge is 2.35. The molecule has 1 heterocycles. The van der Waals surface area contributed by atoms with Gasteiger partial charge in [-0.05, 0) is 51.6 Å². The molecule has 0 aromatic heterocycles. The standard InChI is InChI=1S/C17H22N2O2S/c1-11(2)18-17-19(12(3)4)16(20)15(22-17)10-13-8-6-7-9-14(13)21-5/h6-12H,1-5H3/b15-10+,18-17?. The van der Waals surface area contributed by atoms with Gasteiger partial charge < -0.3 is 4.74 Å². The maximum absolute atomic E-state index is 12.7. The molecule has 0 unspecified atom stereocenters. The number of para-hydroxylation sites is 1. The molecule has 22 heavy (non-hydrogen) atoms. The van der Waals surface area contributed by atoms with Gasteiger partial charge in [0.15, 0.2) is 5.17 Å². The lowest BCUT2D eigenvalue weighted by Crippen LogP contribution is -2.35. The molecule has 0 spiro atoms. The number of hydrogen-bond donors (Lipinski definition) is 0. The first-order valence-corrected chi connectivity index (χ1v) is 8.19. The number of methoxy groups -OCH3 is 1. The molecule has 5 heteroatoms. The van der Waals surface area contributed by atoms with Gasteiger partial charge in [-0.3, -0.25) is 14.7 Å². The highest BCUT2D eigenvalue weighted by Crippen LogP contribution is 2.35. The van der Waals surface area contributed by atoms with Gasteiger partial charge in [0.1, 0.15) is 5.75 Å². The number of rotatable bonds is 4. The van der Waals surface area contributed by atoms with E-state index in [0.717, 1.165) is 16.5 Å². The van der Waals surface area contributed by atoms with E-state index in [1.807, 2.05) is 58.0 Å². The minimum atomic E-state index is 0.00491. The number of carbonyl (C=O) groups is 1. The zero-order valence-corrected chi connectivity index (χ0v) is 14.5. The van der Waals surface area contributed by atoms with E-state index in [2.05, 4.69) is 4.99 Å². The average molecular weight is 318 g/mol. The number of carbonyl (C=O) groups excluding carboxylic acids is 1. The van der Waals surface area contributed by atoms with Gasteiger partial charge in [0.25, 0.3) is 5.91 Å². The van der Waals surface area contributed by atoms with E-state index in [1.54, 1.807) is 12.0 Å². The minimum absolute atomic E-state index is 0.00491. The molecule has 0 atom stereocenters. The molecule has 2 rings (SSSR count). The number of nitrogens with zero attached hydrogens (tertiary/aromatic N) is 2. The summed E-state index contributed by atoms with van der Waals surface area (Å²) >= 11 is 1.43. The van der Waals surface area contributed by atoms with Gasteiger partial charge in [-0.15, -0.1) is 0 Å². The van der Waals surface area contributed by atoms with E-state index in [-0.39, 0.29) is 18.0 Å². The van der Waals surface area contributed by atoms with Gasteiger partial charge >= 0.3 is 0 Å².